The van der Waals surface area contributed by atoms with Crippen molar-refractivity contribution in [3.05, 3.63) is 83.3 Å². The number of aromatic nitrogens is 2. The van der Waals surface area contributed by atoms with Gasteiger partial charge in [-0.15, -0.1) is 0 Å². The quantitative estimate of drug-likeness (QED) is 0.800. The van der Waals surface area contributed by atoms with Gasteiger partial charge in [0.05, 0.1) is 6.54 Å². The van der Waals surface area contributed by atoms with Crippen molar-refractivity contribution in [2.75, 3.05) is 5.32 Å². The van der Waals surface area contributed by atoms with E-state index in [2.05, 4.69) is 10.4 Å². The molecule has 1 heterocycles. The van der Waals surface area contributed by atoms with Crippen molar-refractivity contribution in [3.63, 3.8) is 0 Å². The first-order valence-corrected chi connectivity index (χ1v) is 7.26. The number of rotatable bonds is 4. The first kappa shape index (κ1) is 15.0. The van der Waals surface area contributed by atoms with E-state index in [9.17, 15) is 9.18 Å². The lowest BCUT2D eigenvalue weighted by atomic mass is 10.1. The van der Waals surface area contributed by atoms with E-state index in [0.29, 0.717) is 17.9 Å². The lowest BCUT2D eigenvalue weighted by Crippen LogP contribution is -2.12. The van der Waals surface area contributed by atoms with Crippen LogP contribution in [0.4, 0.5) is 10.2 Å². The van der Waals surface area contributed by atoms with E-state index in [1.54, 1.807) is 35.1 Å². The zero-order chi connectivity index (χ0) is 16.2. The van der Waals surface area contributed by atoms with Gasteiger partial charge in [0.15, 0.2) is 5.82 Å². The standard InChI is InChI=1S/C18H16FN3O/c1-13-5-7-15(8-6-13)18(23)20-17-9-10-22(21-17)12-14-3-2-4-16(19)11-14/h2-11H,12H2,1H3,(H,20,21,23). The number of benzene rings is 2. The first-order chi connectivity index (χ1) is 11.1. The van der Waals surface area contributed by atoms with E-state index in [1.165, 1.54) is 12.1 Å². The lowest BCUT2D eigenvalue weighted by molar-refractivity contribution is 0.102. The molecule has 1 N–H and O–H groups in total. The molecule has 0 aliphatic rings. The van der Waals surface area contributed by atoms with Crippen LogP contribution < -0.4 is 5.32 Å². The van der Waals surface area contributed by atoms with E-state index < -0.39 is 0 Å². The summed E-state index contributed by atoms with van der Waals surface area (Å²) in [6.45, 7) is 2.41. The molecule has 1 aromatic heterocycles. The lowest BCUT2D eigenvalue weighted by Gasteiger charge is -2.04. The molecule has 0 radical (unpaired) electrons. The third-order valence-corrected chi connectivity index (χ3v) is 3.43. The molecule has 0 aliphatic carbocycles. The van der Waals surface area contributed by atoms with E-state index in [-0.39, 0.29) is 11.7 Å². The van der Waals surface area contributed by atoms with Gasteiger partial charge in [-0.1, -0.05) is 29.8 Å². The van der Waals surface area contributed by atoms with Crippen molar-refractivity contribution in [1.82, 2.24) is 9.78 Å². The predicted molar refractivity (Wildman–Crippen MR) is 86.9 cm³/mol. The molecule has 0 bridgehead atoms. The number of aryl methyl sites for hydroxylation is 1. The van der Waals surface area contributed by atoms with E-state index >= 15 is 0 Å². The molecule has 2 aromatic carbocycles. The number of halogens is 1. The predicted octanol–water partition coefficient (Wildman–Crippen LogP) is 3.63. The van der Waals surface area contributed by atoms with Crippen molar-refractivity contribution in [2.24, 2.45) is 0 Å². The minimum Gasteiger partial charge on any atom is -0.305 e. The molecule has 0 atom stereocenters. The zero-order valence-corrected chi connectivity index (χ0v) is 12.7. The van der Waals surface area contributed by atoms with Crippen molar-refractivity contribution in [1.29, 1.82) is 0 Å². The Balaban J connectivity index is 1.67. The summed E-state index contributed by atoms with van der Waals surface area (Å²) in [5.74, 6) is -0.0180. The van der Waals surface area contributed by atoms with Crippen LogP contribution in [0.3, 0.4) is 0 Å². The third kappa shape index (κ3) is 3.83. The molecule has 116 valence electrons. The summed E-state index contributed by atoms with van der Waals surface area (Å²) in [7, 11) is 0. The fourth-order valence-corrected chi connectivity index (χ4v) is 2.23. The van der Waals surface area contributed by atoms with Crippen LogP contribution in [0.5, 0.6) is 0 Å². The SMILES string of the molecule is Cc1ccc(C(=O)Nc2ccn(Cc3cccc(F)c3)n2)cc1. The molecule has 3 aromatic rings. The molecular weight excluding hydrogens is 293 g/mol. The van der Waals surface area contributed by atoms with Gasteiger partial charge in [-0.05, 0) is 36.8 Å². The summed E-state index contributed by atoms with van der Waals surface area (Å²) in [4.78, 5) is 12.1. The molecule has 23 heavy (non-hydrogen) atoms. The van der Waals surface area contributed by atoms with Crippen molar-refractivity contribution in [3.8, 4) is 0 Å². The van der Waals surface area contributed by atoms with Gasteiger partial charge >= 0.3 is 0 Å². The number of amides is 1. The number of hydrogen-bond donors (Lipinski definition) is 1. The van der Waals surface area contributed by atoms with Gasteiger partial charge in [0.2, 0.25) is 0 Å². The summed E-state index contributed by atoms with van der Waals surface area (Å²) >= 11 is 0. The van der Waals surface area contributed by atoms with Crippen LogP contribution in [0.1, 0.15) is 21.5 Å². The second-order valence-corrected chi connectivity index (χ2v) is 5.35. The Hall–Kier alpha value is -2.95. The first-order valence-electron chi connectivity index (χ1n) is 7.26. The Kier molecular flexibility index (Phi) is 4.19. The van der Waals surface area contributed by atoms with Crippen molar-refractivity contribution in [2.45, 2.75) is 13.5 Å². The number of carbonyl (C=O) groups is 1. The van der Waals surface area contributed by atoms with Crippen LogP contribution in [-0.2, 0) is 6.54 Å². The Labute approximate surface area is 133 Å². The molecule has 0 spiro atoms. The highest BCUT2D eigenvalue weighted by Gasteiger charge is 2.08. The third-order valence-electron chi connectivity index (χ3n) is 3.43. The van der Waals surface area contributed by atoms with Crippen LogP contribution >= 0.6 is 0 Å². The highest BCUT2D eigenvalue weighted by Crippen LogP contribution is 2.10. The Morgan fingerprint density at radius 2 is 1.96 bits per heavy atom. The van der Waals surface area contributed by atoms with Crippen LogP contribution in [0.2, 0.25) is 0 Å². The highest BCUT2D eigenvalue weighted by atomic mass is 19.1. The molecule has 1 amide bonds. The summed E-state index contributed by atoms with van der Waals surface area (Å²) < 4.78 is 14.8. The molecule has 3 rings (SSSR count). The normalized spacial score (nSPS) is 10.5. The van der Waals surface area contributed by atoms with Crippen LogP contribution in [-0.4, -0.2) is 15.7 Å². The summed E-state index contributed by atoms with van der Waals surface area (Å²) in [5, 5.41) is 7.03. The van der Waals surface area contributed by atoms with Gasteiger partial charge in [-0.25, -0.2) is 4.39 Å². The van der Waals surface area contributed by atoms with Crippen molar-refractivity contribution < 1.29 is 9.18 Å². The van der Waals surface area contributed by atoms with Gasteiger partial charge in [-0.2, -0.15) is 5.10 Å². The second kappa shape index (κ2) is 6.44. The molecule has 4 nitrogen and oxygen atoms in total. The topological polar surface area (TPSA) is 46.9 Å². The molecule has 0 fully saturated rings. The van der Waals surface area contributed by atoms with E-state index in [4.69, 9.17) is 0 Å². The number of hydrogen-bond acceptors (Lipinski definition) is 2. The Morgan fingerprint density at radius 3 is 2.70 bits per heavy atom. The van der Waals surface area contributed by atoms with Gasteiger partial charge in [0.25, 0.3) is 5.91 Å². The number of nitrogens with one attached hydrogen (secondary N) is 1. The van der Waals surface area contributed by atoms with Crippen molar-refractivity contribution >= 4 is 11.7 Å². The van der Waals surface area contributed by atoms with Gasteiger partial charge < -0.3 is 5.32 Å². The fraction of sp³-hybridized carbons (Fsp3) is 0.111. The average Bonchev–Trinajstić information content (AvgIpc) is 2.95. The molecule has 5 heteroatoms. The number of carbonyl (C=O) groups excluding carboxylic acids is 1. The van der Waals surface area contributed by atoms with E-state index in [1.807, 2.05) is 25.1 Å². The smallest absolute Gasteiger partial charge is 0.256 e. The summed E-state index contributed by atoms with van der Waals surface area (Å²) in [6.07, 6.45) is 1.75. The largest absolute Gasteiger partial charge is 0.305 e. The fourth-order valence-electron chi connectivity index (χ4n) is 2.23. The molecule has 0 unspecified atom stereocenters. The molecular formula is C18H16FN3O. The van der Waals surface area contributed by atoms with Crippen LogP contribution in [0.25, 0.3) is 0 Å². The maximum absolute atomic E-state index is 13.2. The molecule has 0 saturated heterocycles. The Morgan fingerprint density at radius 1 is 1.17 bits per heavy atom. The minimum absolute atomic E-state index is 0.207. The van der Waals surface area contributed by atoms with Crippen LogP contribution in [0.15, 0.2) is 60.8 Å². The minimum atomic E-state index is -0.275. The monoisotopic (exact) mass is 309 g/mol. The van der Waals surface area contributed by atoms with Gasteiger partial charge in [-0.3, -0.25) is 9.48 Å². The van der Waals surface area contributed by atoms with Gasteiger partial charge in [0, 0.05) is 17.8 Å². The zero-order valence-electron chi connectivity index (χ0n) is 12.7. The molecule has 0 saturated carbocycles. The maximum Gasteiger partial charge on any atom is 0.256 e. The maximum atomic E-state index is 13.2. The van der Waals surface area contributed by atoms with Gasteiger partial charge in [0.1, 0.15) is 5.82 Å². The highest BCUT2D eigenvalue weighted by molar-refractivity contribution is 6.03. The molecule has 0 aliphatic heterocycles. The van der Waals surface area contributed by atoms with Crippen LogP contribution in [0, 0.1) is 12.7 Å². The summed E-state index contributed by atoms with van der Waals surface area (Å²) in [5.41, 5.74) is 2.49. The number of nitrogens with zero attached hydrogens (tertiary/aromatic N) is 2. The second-order valence-electron chi connectivity index (χ2n) is 5.35. The summed E-state index contributed by atoms with van der Waals surface area (Å²) in [6, 6.07) is 15.4. The number of anilines is 1. The Bertz CT molecular complexity index is 824. The van der Waals surface area contributed by atoms with E-state index in [0.717, 1.165) is 11.1 Å². The average molecular weight is 309 g/mol.